The highest BCUT2D eigenvalue weighted by atomic mass is 123. The van der Waals surface area contributed by atoms with E-state index < -0.39 is 6.10 Å². The summed E-state index contributed by atoms with van der Waals surface area (Å²) in [5, 5.41) is 27.6. The molecule has 1 aromatic heterocycles. The largest absolute Gasteiger partial charge is 0.493 e. The zero-order chi connectivity index (χ0) is 24.7. The number of aromatic nitrogens is 3. The van der Waals surface area contributed by atoms with E-state index in [0.29, 0.717) is 33.5 Å². The third-order valence-corrected chi connectivity index (χ3v) is 7.08. The minimum atomic E-state index is -0.785. The van der Waals surface area contributed by atoms with Gasteiger partial charge in [0, 0.05) is 17.2 Å². The van der Waals surface area contributed by atoms with E-state index >= 15 is 0 Å². The predicted octanol–water partition coefficient (Wildman–Crippen LogP) is 4.39. The van der Waals surface area contributed by atoms with Crippen molar-refractivity contribution >= 4 is 34.2 Å². The standard InChI is InChI=1S/C25H31ClIN3O4/c1-17(12-26)15-33-21-8-4-18(5-9-21)25(2,3)19-6-10-22(11-7-19)34-16-20(32)13-30-23(14-31)24(27)28-29-30/h4-11,17,20,31-32H,12-16H2,1-3H3/t17-,20-/m1/s1/i27-4. The Morgan fingerprint density at radius 3 is 2.03 bits per heavy atom. The average Bonchev–Trinajstić information content (AvgIpc) is 3.20. The molecule has 0 fully saturated rings. The molecule has 2 aromatic carbocycles. The highest BCUT2D eigenvalue weighted by molar-refractivity contribution is 14.1. The van der Waals surface area contributed by atoms with Gasteiger partial charge in [-0.3, -0.25) is 0 Å². The molecule has 0 bridgehead atoms. The highest BCUT2D eigenvalue weighted by Crippen LogP contribution is 2.33. The molecular formula is C25H31ClIN3O4. The Labute approximate surface area is 219 Å². The van der Waals surface area contributed by atoms with E-state index in [4.69, 9.17) is 21.1 Å². The number of alkyl halides is 1. The van der Waals surface area contributed by atoms with Crippen LogP contribution in [0.5, 0.6) is 11.5 Å². The lowest BCUT2D eigenvalue weighted by atomic mass is 9.78. The van der Waals surface area contributed by atoms with E-state index in [2.05, 4.69) is 43.2 Å². The van der Waals surface area contributed by atoms with Crippen LogP contribution in [0.15, 0.2) is 48.5 Å². The molecule has 0 aliphatic carbocycles. The second-order valence-electron chi connectivity index (χ2n) is 8.88. The van der Waals surface area contributed by atoms with Gasteiger partial charge in [0.1, 0.15) is 27.9 Å². The summed E-state index contributed by atoms with van der Waals surface area (Å²) in [6, 6.07) is 16.1. The zero-order valence-corrected chi connectivity index (χ0v) is 22.5. The van der Waals surface area contributed by atoms with Gasteiger partial charge in [-0.15, -0.1) is 16.7 Å². The van der Waals surface area contributed by atoms with Crippen LogP contribution < -0.4 is 9.47 Å². The molecule has 3 rings (SSSR count). The summed E-state index contributed by atoms with van der Waals surface area (Å²) >= 11 is 7.85. The van der Waals surface area contributed by atoms with Crippen molar-refractivity contribution in [3.05, 3.63) is 69.1 Å². The fourth-order valence-electron chi connectivity index (χ4n) is 3.44. The minimum Gasteiger partial charge on any atom is -0.493 e. The second-order valence-corrected chi connectivity index (χ2v) is 10.2. The maximum atomic E-state index is 10.3. The molecule has 0 amide bonds. The van der Waals surface area contributed by atoms with Crippen molar-refractivity contribution in [2.45, 2.75) is 45.4 Å². The molecular weight excluding hydrogens is 565 g/mol. The number of benzene rings is 2. The van der Waals surface area contributed by atoms with Gasteiger partial charge < -0.3 is 19.7 Å². The minimum absolute atomic E-state index is 0.105. The molecule has 2 N–H and O–H groups in total. The molecule has 184 valence electrons. The number of hydrogen-bond acceptors (Lipinski definition) is 6. The van der Waals surface area contributed by atoms with Crippen LogP contribution in [0.4, 0.5) is 0 Å². The molecule has 1 heterocycles. The summed E-state index contributed by atoms with van der Waals surface area (Å²) in [6.07, 6.45) is -0.785. The van der Waals surface area contributed by atoms with Crippen LogP contribution in [0.2, 0.25) is 0 Å². The summed E-state index contributed by atoms with van der Waals surface area (Å²) in [4.78, 5) is 0. The normalized spacial score (nSPS) is 13.5. The number of nitrogens with zero attached hydrogens (tertiary/aromatic N) is 3. The smallest absolute Gasteiger partial charge is 0.149 e. The predicted molar refractivity (Wildman–Crippen MR) is 141 cm³/mol. The van der Waals surface area contributed by atoms with Crippen molar-refractivity contribution in [2.24, 2.45) is 5.92 Å². The molecule has 0 spiro atoms. The number of aliphatic hydroxyl groups is 2. The summed E-state index contributed by atoms with van der Waals surface area (Å²) in [7, 11) is 0. The van der Waals surface area contributed by atoms with Gasteiger partial charge in [0.2, 0.25) is 0 Å². The monoisotopic (exact) mass is 595 g/mol. The van der Waals surface area contributed by atoms with E-state index in [-0.39, 0.29) is 25.2 Å². The Kier molecular flexibility index (Phi) is 9.58. The Hall–Kier alpha value is -1.88. The lowest BCUT2D eigenvalue weighted by molar-refractivity contribution is 0.0866. The van der Waals surface area contributed by atoms with E-state index in [1.807, 2.05) is 59.0 Å². The molecule has 0 saturated heterocycles. The summed E-state index contributed by atoms with van der Waals surface area (Å²) in [5.74, 6) is 2.40. The van der Waals surface area contributed by atoms with Crippen LogP contribution in [0.3, 0.4) is 0 Å². The Balaban J connectivity index is 1.57. The average molecular weight is 596 g/mol. The van der Waals surface area contributed by atoms with E-state index in [1.54, 1.807) is 0 Å². The van der Waals surface area contributed by atoms with Gasteiger partial charge >= 0.3 is 0 Å². The molecule has 34 heavy (non-hydrogen) atoms. The first-order valence-electron chi connectivity index (χ1n) is 11.1. The summed E-state index contributed by atoms with van der Waals surface area (Å²) in [5.41, 5.74) is 2.70. The van der Waals surface area contributed by atoms with Crippen molar-refractivity contribution in [3.63, 3.8) is 0 Å². The molecule has 0 saturated carbocycles. The van der Waals surface area contributed by atoms with Crippen molar-refractivity contribution < 1.29 is 19.7 Å². The number of rotatable bonds is 12. The quantitative estimate of drug-likeness (QED) is 0.239. The van der Waals surface area contributed by atoms with Gasteiger partial charge in [-0.2, -0.15) is 0 Å². The Bertz CT molecular complexity index is 1040. The fraction of sp³-hybridized carbons (Fsp3) is 0.440. The number of hydrogen-bond donors (Lipinski definition) is 2. The molecule has 0 unspecified atom stereocenters. The number of ether oxygens (including phenoxy) is 2. The third kappa shape index (κ3) is 6.84. The maximum absolute atomic E-state index is 10.3. The van der Waals surface area contributed by atoms with Crippen LogP contribution in [-0.4, -0.2) is 50.4 Å². The molecule has 0 radical (unpaired) electrons. The SMILES string of the molecule is C[C@H](CCl)COc1ccc(C(C)(C)c2ccc(OC[C@H](O)Cn3nnc([123I])c3CO)cc2)cc1. The van der Waals surface area contributed by atoms with E-state index in [1.165, 1.54) is 10.2 Å². The van der Waals surface area contributed by atoms with Gasteiger partial charge in [0.15, 0.2) is 0 Å². The van der Waals surface area contributed by atoms with E-state index in [0.717, 1.165) is 11.3 Å². The van der Waals surface area contributed by atoms with Gasteiger partial charge in [-0.1, -0.05) is 50.3 Å². The molecule has 9 heteroatoms. The second kappa shape index (κ2) is 12.2. The zero-order valence-electron chi connectivity index (χ0n) is 19.6. The fourth-order valence-corrected chi connectivity index (χ4v) is 4.07. The van der Waals surface area contributed by atoms with Crippen LogP contribution in [0.1, 0.15) is 37.6 Å². The lowest BCUT2D eigenvalue weighted by Gasteiger charge is -2.26. The van der Waals surface area contributed by atoms with Gasteiger partial charge in [0.05, 0.1) is 25.5 Å². The Morgan fingerprint density at radius 2 is 1.53 bits per heavy atom. The van der Waals surface area contributed by atoms with Gasteiger partial charge in [0.25, 0.3) is 0 Å². The molecule has 3 aromatic rings. The molecule has 0 aliphatic rings. The third-order valence-electron chi connectivity index (χ3n) is 5.72. The first-order chi connectivity index (χ1) is 16.2. The topological polar surface area (TPSA) is 89.6 Å². The van der Waals surface area contributed by atoms with Crippen molar-refractivity contribution in [2.75, 3.05) is 19.1 Å². The van der Waals surface area contributed by atoms with Crippen LogP contribution in [-0.2, 0) is 18.6 Å². The molecule has 7 nitrogen and oxygen atoms in total. The van der Waals surface area contributed by atoms with Gasteiger partial charge in [-0.05, 0) is 58.0 Å². The maximum Gasteiger partial charge on any atom is 0.149 e. The lowest BCUT2D eigenvalue weighted by Crippen LogP contribution is -2.25. The molecule has 2 atom stereocenters. The van der Waals surface area contributed by atoms with Crippen molar-refractivity contribution in [3.8, 4) is 11.5 Å². The summed E-state index contributed by atoms with van der Waals surface area (Å²) in [6.45, 7) is 7.13. The number of aliphatic hydroxyl groups excluding tert-OH is 2. The highest BCUT2D eigenvalue weighted by Gasteiger charge is 2.23. The van der Waals surface area contributed by atoms with Crippen LogP contribution in [0.25, 0.3) is 0 Å². The first-order valence-corrected chi connectivity index (χ1v) is 12.7. The van der Waals surface area contributed by atoms with Crippen LogP contribution in [0, 0.1) is 9.62 Å². The Morgan fingerprint density at radius 1 is 1.00 bits per heavy atom. The molecule has 0 aliphatic heterocycles. The summed E-state index contributed by atoms with van der Waals surface area (Å²) < 4.78 is 13.7. The number of halogens is 2. The van der Waals surface area contributed by atoms with Crippen molar-refractivity contribution in [1.82, 2.24) is 15.0 Å². The van der Waals surface area contributed by atoms with Crippen LogP contribution >= 0.6 is 34.2 Å². The van der Waals surface area contributed by atoms with Crippen molar-refractivity contribution in [1.29, 1.82) is 0 Å². The van der Waals surface area contributed by atoms with Gasteiger partial charge in [-0.25, -0.2) is 4.68 Å². The first kappa shape index (κ1) is 26.7. The van der Waals surface area contributed by atoms with E-state index in [9.17, 15) is 10.2 Å².